The zero-order valence-corrected chi connectivity index (χ0v) is 13.4. The van der Waals surface area contributed by atoms with Crippen molar-refractivity contribution in [2.24, 2.45) is 0 Å². The van der Waals surface area contributed by atoms with Gasteiger partial charge >= 0.3 is 5.97 Å². The molecule has 10 heteroatoms. The molecule has 0 N–H and O–H groups in total. The predicted molar refractivity (Wildman–Crippen MR) is 74.6 cm³/mol. The van der Waals surface area contributed by atoms with Crippen LogP contribution >= 0.6 is 0 Å². The van der Waals surface area contributed by atoms with Crippen LogP contribution in [0.25, 0.3) is 0 Å². The monoisotopic (exact) mass is 372 g/mol. The molecule has 0 fully saturated rings. The maximum Gasteiger partial charge on any atom is 0.313 e. The number of hydrogen-bond donors (Lipinski definition) is 0. The highest BCUT2D eigenvalue weighted by Gasteiger charge is 2.28. The molecule has 25 heavy (non-hydrogen) atoms. The van der Waals surface area contributed by atoms with Crippen LogP contribution in [-0.4, -0.2) is 45.6 Å². The minimum Gasteiger partial charge on any atom is -0.420 e. The molecule has 0 aliphatic heterocycles. The molecule has 0 aliphatic rings. The normalized spacial score (nSPS) is 11.0. The topological polar surface area (TPSA) is 54.0 Å². The lowest BCUT2D eigenvalue weighted by Gasteiger charge is -2.09. The van der Waals surface area contributed by atoms with Gasteiger partial charge in [-0.3, -0.25) is 4.79 Å². The van der Waals surface area contributed by atoms with E-state index in [1.807, 2.05) is 6.92 Å². The number of halogens is 5. The minimum atomic E-state index is -2.33. The lowest BCUT2D eigenvalue weighted by Crippen LogP contribution is -2.16. The lowest BCUT2D eigenvalue weighted by atomic mass is 10.2. The Morgan fingerprint density at radius 1 is 0.720 bits per heavy atom. The Labute approximate surface area is 140 Å². The summed E-state index contributed by atoms with van der Waals surface area (Å²) in [6, 6.07) is 0. The second-order valence-electron chi connectivity index (χ2n) is 4.54. The van der Waals surface area contributed by atoms with E-state index in [-0.39, 0.29) is 19.8 Å². The van der Waals surface area contributed by atoms with Gasteiger partial charge in [-0.1, -0.05) is 0 Å². The SMILES string of the molecule is CCOCCOCCOCCC(=O)Oc1c(F)c(F)c(F)c(F)c1F. The number of benzene rings is 1. The summed E-state index contributed by atoms with van der Waals surface area (Å²) in [6.45, 7) is 3.43. The summed E-state index contributed by atoms with van der Waals surface area (Å²) in [4.78, 5) is 11.4. The number of ether oxygens (including phenoxy) is 4. The highest BCUT2D eigenvalue weighted by molar-refractivity contribution is 5.72. The second kappa shape index (κ2) is 11.0. The first-order valence-electron chi connectivity index (χ1n) is 7.35. The number of rotatable bonds is 11. The van der Waals surface area contributed by atoms with Crippen LogP contribution in [-0.2, 0) is 19.0 Å². The first-order chi connectivity index (χ1) is 11.9. The predicted octanol–water partition coefficient (Wildman–Crippen LogP) is 2.75. The van der Waals surface area contributed by atoms with Crippen molar-refractivity contribution in [1.29, 1.82) is 0 Å². The summed E-state index contributed by atoms with van der Waals surface area (Å²) in [7, 11) is 0. The highest BCUT2D eigenvalue weighted by Crippen LogP contribution is 2.29. The molecular formula is C15H17F5O5. The molecule has 0 unspecified atom stereocenters. The summed E-state index contributed by atoms with van der Waals surface area (Å²) in [6.07, 6.45) is -0.446. The van der Waals surface area contributed by atoms with E-state index >= 15 is 0 Å². The summed E-state index contributed by atoms with van der Waals surface area (Å²) < 4.78 is 84.8. The molecule has 0 radical (unpaired) electrons. The van der Waals surface area contributed by atoms with Gasteiger partial charge in [0.05, 0.1) is 39.5 Å². The van der Waals surface area contributed by atoms with Crippen molar-refractivity contribution in [2.75, 3.05) is 39.6 Å². The largest absolute Gasteiger partial charge is 0.420 e. The zero-order valence-electron chi connectivity index (χ0n) is 13.4. The highest BCUT2D eigenvalue weighted by atomic mass is 19.2. The van der Waals surface area contributed by atoms with Crippen LogP contribution in [0.3, 0.4) is 0 Å². The van der Waals surface area contributed by atoms with Crippen LogP contribution in [0.15, 0.2) is 0 Å². The van der Waals surface area contributed by atoms with Gasteiger partial charge in [-0.05, 0) is 6.92 Å². The first kappa shape index (κ1) is 21.3. The molecule has 0 saturated heterocycles. The molecule has 5 nitrogen and oxygen atoms in total. The number of carbonyl (C=O) groups excluding carboxylic acids is 1. The molecule has 0 aliphatic carbocycles. The molecule has 1 aromatic carbocycles. The molecule has 0 spiro atoms. The van der Waals surface area contributed by atoms with E-state index in [2.05, 4.69) is 4.74 Å². The smallest absolute Gasteiger partial charge is 0.313 e. The molecule has 0 amide bonds. The van der Waals surface area contributed by atoms with Crippen LogP contribution < -0.4 is 4.74 Å². The van der Waals surface area contributed by atoms with E-state index in [1.165, 1.54) is 0 Å². The number of hydrogen-bond acceptors (Lipinski definition) is 5. The Morgan fingerprint density at radius 3 is 1.68 bits per heavy atom. The molecular weight excluding hydrogens is 355 g/mol. The number of esters is 1. The average Bonchev–Trinajstić information content (AvgIpc) is 2.60. The average molecular weight is 372 g/mol. The van der Waals surface area contributed by atoms with Gasteiger partial charge in [-0.25, -0.2) is 13.2 Å². The van der Waals surface area contributed by atoms with Gasteiger partial charge < -0.3 is 18.9 Å². The van der Waals surface area contributed by atoms with Crippen LogP contribution in [0.1, 0.15) is 13.3 Å². The Balaban J connectivity index is 2.34. The fourth-order valence-electron chi connectivity index (χ4n) is 1.58. The molecule has 142 valence electrons. The van der Waals surface area contributed by atoms with Crippen molar-refractivity contribution in [1.82, 2.24) is 0 Å². The van der Waals surface area contributed by atoms with Gasteiger partial charge in [0.1, 0.15) is 0 Å². The Hall–Kier alpha value is -1.78. The molecule has 0 bridgehead atoms. The third-order valence-electron chi connectivity index (χ3n) is 2.78. The minimum absolute atomic E-state index is 0.141. The van der Waals surface area contributed by atoms with Crippen molar-refractivity contribution in [3.63, 3.8) is 0 Å². The van der Waals surface area contributed by atoms with Crippen molar-refractivity contribution in [3.05, 3.63) is 29.1 Å². The lowest BCUT2D eigenvalue weighted by molar-refractivity contribution is -0.136. The van der Waals surface area contributed by atoms with Crippen molar-refractivity contribution >= 4 is 5.97 Å². The Bertz CT molecular complexity index is 553. The molecule has 0 aromatic heterocycles. The molecule has 1 aromatic rings. The molecule has 1 rings (SSSR count). The van der Waals surface area contributed by atoms with Gasteiger partial charge in [0.25, 0.3) is 0 Å². The number of carbonyl (C=O) groups is 1. The molecule has 0 heterocycles. The van der Waals surface area contributed by atoms with E-state index in [0.717, 1.165) is 0 Å². The zero-order chi connectivity index (χ0) is 18.8. The van der Waals surface area contributed by atoms with Crippen LogP contribution in [0.2, 0.25) is 0 Å². The summed E-state index contributed by atoms with van der Waals surface area (Å²) >= 11 is 0. The Morgan fingerprint density at radius 2 is 1.16 bits per heavy atom. The van der Waals surface area contributed by atoms with E-state index in [1.54, 1.807) is 0 Å². The fourth-order valence-corrected chi connectivity index (χ4v) is 1.58. The van der Waals surface area contributed by atoms with Crippen LogP contribution in [0, 0.1) is 29.1 Å². The van der Waals surface area contributed by atoms with E-state index < -0.39 is 47.2 Å². The van der Waals surface area contributed by atoms with Crippen LogP contribution in [0.4, 0.5) is 22.0 Å². The maximum atomic E-state index is 13.3. The van der Waals surface area contributed by atoms with Crippen molar-refractivity contribution < 1.29 is 45.7 Å². The van der Waals surface area contributed by atoms with Gasteiger partial charge in [0, 0.05) is 6.61 Å². The maximum absolute atomic E-state index is 13.3. The summed E-state index contributed by atoms with van der Waals surface area (Å²) in [5.41, 5.74) is 0. The standard InChI is InChI=1S/C15H17F5O5/c1-2-22-5-6-24-8-7-23-4-3-9(21)25-15-13(19)11(17)10(16)12(18)14(15)20/h2-8H2,1H3. The molecule has 0 atom stereocenters. The van der Waals surface area contributed by atoms with Crippen molar-refractivity contribution in [3.8, 4) is 5.75 Å². The quantitative estimate of drug-likeness (QED) is 0.149. The van der Waals surface area contributed by atoms with Gasteiger partial charge in [0.15, 0.2) is 0 Å². The molecule has 0 saturated carbocycles. The van der Waals surface area contributed by atoms with Crippen LogP contribution in [0.5, 0.6) is 5.75 Å². The summed E-state index contributed by atoms with van der Waals surface area (Å²) in [5.74, 6) is -14.0. The fraction of sp³-hybridized carbons (Fsp3) is 0.533. The van der Waals surface area contributed by atoms with E-state index in [4.69, 9.17) is 14.2 Å². The summed E-state index contributed by atoms with van der Waals surface area (Å²) in [5, 5.41) is 0. The van der Waals surface area contributed by atoms with Crippen molar-refractivity contribution in [2.45, 2.75) is 13.3 Å². The van der Waals surface area contributed by atoms with E-state index in [0.29, 0.717) is 19.8 Å². The van der Waals surface area contributed by atoms with Gasteiger partial charge in [-0.2, -0.15) is 8.78 Å². The van der Waals surface area contributed by atoms with E-state index in [9.17, 15) is 26.7 Å². The third kappa shape index (κ3) is 6.56. The first-order valence-corrected chi connectivity index (χ1v) is 7.35. The third-order valence-corrected chi connectivity index (χ3v) is 2.78. The van der Waals surface area contributed by atoms with Gasteiger partial charge in [0.2, 0.25) is 34.8 Å². The van der Waals surface area contributed by atoms with Gasteiger partial charge in [-0.15, -0.1) is 0 Å². The second-order valence-corrected chi connectivity index (χ2v) is 4.54. The Kier molecular flexibility index (Phi) is 9.32.